The summed E-state index contributed by atoms with van der Waals surface area (Å²) in [7, 11) is 1.71. The highest BCUT2D eigenvalue weighted by atomic mass is 16.2. The van der Waals surface area contributed by atoms with Gasteiger partial charge in [-0.25, -0.2) is 0 Å². The van der Waals surface area contributed by atoms with Gasteiger partial charge >= 0.3 is 0 Å². The van der Waals surface area contributed by atoms with E-state index in [1.165, 1.54) is 0 Å². The first-order valence-corrected chi connectivity index (χ1v) is 4.62. The highest BCUT2D eigenvalue weighted by Crippen LogP contribution is 2.12. The predicted octanol–water partition coefficient (Wildman–Crippen LogP) is -2.07. The van der Waals surface area contributed by atoms with E-state index in [-0.39, 0.29) is 30.2 Å². The number of hydrogen-bond acceptors (Lipinski definition) is 4. The van der Waals surface area contributed by atoms with E-state index in [0.717, 1.165) is 0 Å². The molecule has 0 spiro atoms. The number of hydrogen-bond donors (Lipinski definition) is 2. The Kier molecular flexibility index (Phi) is 3.82. The molecule has 76 valence electrons. The standard InChI is InChI=1S/C8H13BN2O3/c9-11-7-6(10-8(7)14)2-1-5(13)3-4-12/h4,6-7,11H,1-3,9H2,(H,10,14). The lowest BCUT2D eigenvalue weighted by Crippen LogP contribution is -2.67. The summed E-state index contributed by atoms with van der Waals surface area (Å²) in [5.74, 6) is -0.101. The molecule has 0 aromatic carbocycles. The number of aldehydes is 1. The Morgan fingerprint density at radius 3 is 2.86 bits per heavy atom. The first kappa shape index (κ1) is 10.9. The lowest BCUT2D eigenvalue weighted by Gasteiger charge is -2.36. The Morgan fingerprint density at radius 2 is 2.36 bits per heavy atom. The summed E-state index contributed by atoms with van der Waals surface area (Å²) >= 11 is 0. The van der Waals surface area contributed by atoms with Crippen molar-refractivity contribution in [3.8, 4) is 0 Å². The Balaban J connectivity index is 2.22. The Bertz CT molecular complexity index is 257. The van der Waals surface area contributed by atoms with Crippen LogP contribution in [-0.4, -0.2) is 38.0 Å². The van der Waals surface area contributed by atoms with Crippen molar-refractivity contribution in [2.75, 3.05) is 0 Å². The molecule has 0 aromatic rings. The molecule has 14 heavy (non-hydrogen) atoms. The highest BCUT2D eigenvalue weighted by Gasteiger charge is 2.37. The normalized spacial score (nSPS) is 25.0. The second-order valence-electron chi connectivity index (χ2n) is 3.33. The Labute approximate surface area is 83.0 Å². The van der Waals surface area contributed by atoms with E-state index in [9.17, 15) is 14.4 Å². The molecule has 5 nitrogen and oxygen atoms in total. The van der Waals surface area contributed by atoms with Gasteiger partial charge in [0.15, 0.2) is 7.98 Å². The van der Waals surface area contributed by atoms with Crippen molar-refractivity contribution in [2.24, 2.45) is 0 Å². The molecule has 1 amide bonds. The number of rotatable bonds is 6. The second kappa shape index (κ2) is 4.90. The zero-order chi connectivity index (χ0) is 10.6. The maximum Gasteiger partial charge on any atom is 0.238 e. The Morgan fingerprint density at radius 1 is 1.64 bits per heavy atom. The summed E-state index contributed by atoms with van der Waals surface area (Å²) < 4.78 is 0. The maximum absolute atomic E-state index is 11.0. The van der Waals surface area contributed by atoms with Gasteiger partial charge in [-0.15, -0.1) is 0 Å². The fourth-order valence-corrected chi connectivity index (χ4v) is 1.52. The van der Waals surface area contributed by atoms with Gasteiger partial charge in [0.1, 0.15) is 12.1 Å². The first-order chi connectivity index (χ1) is 6.69. The van der Waals surface area contributed by atoms with Gasteiger partial charge in [0.2, 0.25) is 5.91 Å². The molecule has 1 fully saturated rings. The van der Waals surface area contributed by atoms with Crippen molar-refractivity contribution in [1.29, 1.82) is 0 Å². The maximum atomic E-state index is 11.0. The molecular weight excluding hydrogens is 183 g/mol. The molecule has 0 bridgehead atoms. The molecule has 1 heterocycles. The molecule has 0 aliphatic carbocycles. The zero-order valence-electron chi connectivity index (χ0n) is 8.08. The minimum absolute atomic E-state index is 0.0229. The van der Waals surface area contributed by atoms with Gasteiger partial charge in [-0.1, -0.05) is 0 Å². The molecular formula is C8H13BN2O3. The molecule has 0 radical (unpaired) electrons. The van der Waals surface area contributed by atoms with Crippen LogP contribution in [0.5, 0.6) is 0 Å². The van der Waals surface area contributed by atoms with Crippen LogP contribution in [0.15, 0.2) is 0 Å². The summed E-state index contributed by atoms with van der Waals surface area (Å²) in [5, 5.41) is 5.56. The van der Waals surface area contributed by atoms with Crippen LogP contribution in [0.2, 0.25) is 0 Å². The number of β-lactam (4-membered cyclic amide) rings is 1. The molecule has 1 aliphatic rings. The number of carbonyl (C=O) groups excluding carboxylic acids is 3. The van der Waals surface area contributed by atoms with Crippen LogP contribution in [-0.2, 0) is 14.4 Å². The van der Waals surface area contributed by atoms with E-state index in [4.69, 9.17) is 0 Å². The highest BCUT2D eigenvalue weighted by molar-refractivity contribution is 6.08. The van der Waals surface area contributed by atoms with E-state index >= 15 is 0 Å². The first-order valence-electron chi connectivity index (χ1n) is 4.62. The molecule has 0 aromatic heterocycles. The van der Waals surface area contributed by atoms with Crippen LogP contribution < -0.4 is 10.5 Å². The van der Waals surface area contributed by atoms with Crippen molar-refractivity contribution >= 4 is 26.0 Å². The van der Waals surface area contributed by atoms with E-state index in [2.05, 4.69) is 10.5 Å². The molecule has 1 aliphatic heterocycles. The monoisotopic (exact) mass is 196 g/mol. The van der Waals surface area contributed by atoms with Crippen LogP contribution >= 0.6 is 0 Å². The van der Waals surface area contributed by atoms with E-state index in [1.54, 1.807) is 7.98 Å². The Hall–Kier alpha value is -1.17. The SMILES string of the molecule is BNC1C(=O)NC1CCC(=O)CC=O. The van der Waals surface area contributed by atoms with Crippen molar-refractivity contribution in [1.82, 2.24) is 10.5 Å². The van der Waals surface area contributed by atoms with Crippen LogP contribution in [0.1, 0.15) is 19.3 Å². The van der Waals surface area contributed by atoms with E-state index < -0.39 is 0 Å². The van der Waals surface area contributed by atoms with Gasteiger partial charge in [0.05, 0.1) is 18.5 Å². The lowest BCUT2D eigenvalue weighted by atomic mass is 9.92. The van der Waals surface area contributed by atoms with E-state index in [0.29, 0.717) is 19.1 Å². The molecule has 0 saturated carbocycles. The molecule has 1 rings (SSSR count). The van der Waals surface area contributed by atoms with Crippen molar-refractivity contribution < 1.29 is 14.4 Å². The quantitative estimate of drug-likeness (QED) is 0.221. The minimum atomic E-state index is -0.181. The van der Waals surface area contributed by atoms with Crippen molar-refractivity contribution in [3.05, 3.63) is 0 Å². The van der Waals surface area contributed by atoms with Crippen LogP contribution in [0, 0.1) is 0 Å². The van der Waals surface area contributed by atoms with Crippen molar-refractivity contribution in [3.63, 3.8) is 0 Å². The molecule has 2 atom stereocenters. The number of amides is 1. The second-order valence-corrected chi connectivity index (χ2v) is 3.33. The van der Waals surface area contributed by atoms with Gasteiger partial charge in [-0.3, -0.25) is 9.59 Å². The number of nitrogens with one attached hydrogen (secondary N) is 2. The van der Waals surface area contributed by atoms with Gasteiger partial charge in [0.25, 0.3) is 0 Å². The van der Waals surface area contributed by atoms with Crippen LogP contribution in [0.25, 0.3) is 0 Å². The number of carbonyl (C=O) groups is 3. The number of ketones is 1. The molecule has 6 heteroatoms. The van der Waals surface area contributed by atoms with Crippen molar-refractivity contribution in [2.45, 2.75) is 31.3 Å². The summed E-state index contributed by atoms with van der Waals surface area (Å²) in [6.45, 7) is 0. The minimum Gasteiger partial charge on any atom is -0.350 e. The summed E-state index contributed by atoms with van der Waals surface area (Å²) in [5.41, 5.74) is 0. The molecule has 2 N–H and O–H groups in total. The van der Waals surface area contributed by atoms with Gasteiger partial charge in [0, 0.05) is 6.42 Å². The summed E-state index contributed by atoms with van der Waals surface area (Å²) in [6.07, 6.45) is 1.54. The predicted molar refractivity (Wildman–Crippen MR) is 52.3 cm³/mol. The molecule has 1 saturated heterocycles. The van der Waals surface area contributed by atoms with Crippen LogP contribution in [0.4, 0.5) is 0 Å². The van der Waals surface area contributed by atoms with Gasteiger partial charge in [-0.2, -0.15) is 0 Å². The summed E-state index contributed by atoms with van der Waals surface area (Å²) in [4.78, 5) is 31.9. The molecule has 2 unspecified atom stereocenters. The third-order valence-electron chi connectivity index (χ3n) is 2.37. The third-order valence-corrected chi connectivity index (χ3v) is 2.37. The fourth-order valence-electron chi connectivity index (χ4n) is 1.52. The average molecular weight is 196 g/mol. The van der Waals surface area contributed by atoms with Gasteiger partial charge in [-0.05, 0) is 6.42 Å². The van der Waals surface area contributed by atoms with Crippen LogP contribution in [0.3, 0.4) is 0 Å². The average Bonchev–Trinajstić information content (AvgIpc) is 2.13. The third kappa shape index (κ3) is 2.41. The smallest absolute Gasteiger partial charge is 0.238 e. The summed E-state index contributed by atoms with van der Waals surface area (Å²) in [6, 6.07) is -0.151. The largest absolute Gasteiger partial charge is 0.350 e. The fraction of sp³-hybridized carbons (Fsp3) is 0.625. The van der Waals surface area contributed by atoms with Gasteiger partial charge < -0.3 is 15.3 Å². The zero-order valence-corrected chi connectivity index (χ0v) is 8.08. The topological polar surface area (TPSA) is 75.3 Å². The number of Topliss-reactive ketones (excluding diaryl/α,β-unsaturated/α-hetero) is 1. The van der Waals surface area contributed by atoms with E-state index in [1.807, 2.05) is 0 Å². The lowest BCUT2D eigenvalue weighted by molar-refractivity contribution is -0.132.